The quantitative estimate of drug-likeness (QED) is 0.352. The Morgan fingerprint density at radius 1 is 1.21 bits per heavy atom. The third-order valence-corrected chi connectivity index (χ3v) is 5.54. The maximum Gasteiger partial charge on any atom is 0.416 e. The van der Waals surface area contributed by atoms with Gasteiger partial charge in [0.25, 0.3) is 0 Å². The average Bonchev–Trinajstić information content (AvgIpc) is 3.31. The van der Waals surface area contributed by atoms with Crippen molar-refractivity contribution in [3.05, 3.63) is 53.3 Å². The summed E-state index contributed by atoms with van der Waals surface area (Å²) < 4.78 is 41.3. The maximum atomic E-state index is 13.2. The molecule has 0 aliphatic heterocycles. The van der Waals surface area contributed by atoms with Gasteiger partial charge >= 0.3 is 6.18 Å². The molecule has 1 aromatic heterocycles. The topological polar surface area (TPSA) is 54.2 Å². The van der Waals surface area contributed by atoms with E-state index in [0.717, 1.165) is 43.0 Å². The van der Waals surface area contributed by atoms with Gasteiger partial charge in [0, 0.05) is 32.3 Å². The van der Waals surface area contributed by atoms with Gasteiger partial charge in [-0.05, 0) is 30.5 Å². The second-order valence-corrected chi connectivity index (χ2v) is 7.29. The summed E-state index contributed by atoms with van der Waals surface area (Å²) in [6, 6.07) is 7.68. The fourth-order valence-electron chi connectivity index (χ4n) is 3.87. The Kier molecular flexibility index (Phi) is 7.95. The summed E-state index contributed by atoms with van der Waals surface area (Å²) in [6.07, 6.45) is 1.15. The summed E-state index contributed by atoms with van der Waals surface area (Å²) in [4.78, 5) is 4.24. The first-order valence-electron chi connectivity index (χ1n) is 9.43. The molecule has 3 rings (SSSR count). The minimum atomic E-state index is -4.33. The molecule has 0 amide bonds. The van der Waals surface area contributed by atoms with Gasteiger partial charge in [0.05, 0.1) is 17.8 Å². The second-order valence-electron chi connectivity index (χ2n) is 7.29. The van der Waals surface area contributed by atoms with E-state index in [4.69, 9.17) is 0 Å². The fraction of sp³-hybridized carbons (Fsp3) is 0.500. The van der Waals surface area contributed by atoms with Gasteiger partial charge in [-0.1, -0.05) is 31.0 Å². The zero-order valence-corrected chi connectivity index (χ0v) is 18.9. The number of alkyl halides is 3. The van der Waals surface area contributed by atoms with Crippen LogP contribution in [0.25, 0.3) is 0 Å². The summed E-state index contributed by atoms with van der Waals surface area (Å²) in [6.45, 7) is 1.10. The Labute approximate surface area is 186 Å². The number of aliphatic imine (C=N–C) groups is 1. The summed E-state index contributed by atoms with van der Waals surface area (Å²) in [5, 5.41) is 10.7. The lowest BCUT2D eigenvalue weighted by atomic mass is 9.78. The number of halogens is 4. The van der Waals surface area contributed by atoms with E-state index in [1.165, 1.54) is 12.1 Å². The summed E-state index contributed by atoms with van der Waals surface area (Å²) >= 11 is 0. The highest BCUT2D eigenvalue weighted by Gasteiger charge is 2.38. The molecule has 0 bridgehead atoms. The smallest absolute Gasteiger partial charge is 0.356 e. The lowest BCUT2D eigenvalue weighted by Crippen LogP contribution is -2.44. The van der Waals surface area contributed by atoms with E-state index >= 15 is 0 Å². The van der Waals surface area contributed by atoms with Gasteiger partial charge in [-0.2, -0.15) is 18.3 Å². The van der Waals surface area contributed by atoms with E-state index < -0.39 is 11.7 Å². The van der Waals surface area contributed by atoms with Crippen molar-refractivity contribution in [2.45, 2.75) is 43.8 Å². The number of guanidine groups is 1. The summed E-state index contributed by atoms with van der Waals surface area (Å²) in [5.41, 5.74) is 0.853. The highest BCUT2D eigenvalue weighted by Crippen LogP contribution is 2.42. The first-order valence-corrected chi connectivity index (χ1v) is 9.43. The van der Waals surface area contributed by atoms with Gasteiger partial charge in [0.1, 0.15) is 0 Å². The monoisotopic (exact) mass is 521 g/mol. The number of nitrogens with zero attached hydrogens (tertiary/aromatic N) is 3. The van der Waals surface area contributed by atoms with Crippen LogP contribution < -0.4 is 10.6 Å². The van der Waals surface area contributed by atoms with E-state index in [9.17, 15) is 13.2 Å². The molecule has 29 heavy (non-hydrogen) atoms. The normalized spacial score (nSPS) is 16.4. The van der Waals surface area contributed by atoms with Crippen LogP contribution in [0.1, 0.15) is 42.5 Å². The fourth-order valence-corrected chi connectivity index (χ4v) is 3.87. The molecule has 0 atom stereocenters. The molecule has 0 spiro atoms. The minimum Gasteiger partial charge on any atom is -0.356 e. The summed E-state index contributed by atoms with van der Waals surface area (Å²) in [7, 11) is 3.55. The van der Waals surface area contributed by atoms with Crippen LogP contribution in [0.5, 0.6) is 0 Å². The SMILES string of the molecule is CN=C(NCc1ccnn1C)NCC1(c2cccc(C(F)(F)F)c2)CCCC1.I. The predicted octanol–water partition coefficient (Wildman–Crippen LogP) is 4.23. The Morgan fingerprint density at radius 3 is 2.52 bits per heavy atom. The van der Waals surface area contributed by atoms with Gasteiger partial charge in [-0.3, -0.25) is 9.67 Å². The van der Waals surface area contributed by atoms with Crippen molar-refractivity contribution in [2.24, 2.45) is 12.0 Å². The Balaban J connectivity index is 0.00000300. The second kappa shape index (κ2) is 9.82. The van der Waals surface area contributed by atoms with Crippen LogP contribution in [0, 0.1) is 0 Å². The first-order chi connectivity index (χ1) is 13.3. The number of benzene rings is 1. The number of hydrogen-bond donors (Lipinski definition) is 2. The zero-order chi connectivity index (χ0) is 20.2. The van der Waals surface area contributed by atoms with Crippen molar-refractivity contribution in [3.8, 4) is 0 Å². The molecule has 9 heteroatoms. The van der Waals surface area contributed by atoms with Crippen LogP contribution in [0.2, 0.25) is 0 Å². The van der Waals surface area contributed by atoms with Crippen LogP contribution in [0.4, 0.5) is 13.2 Å². The predicted molar refractivity (Wildman–Crippen MR) is 118 cm³/mol. The van der Waals surface area contributed by atoms with Crippen LogP contribution >= 0.6 is 24.0 Å². The van der Waals surface area contributed by atoms with Gasteiger partial charge in [-0.25, -0.2) is 0 Å². The number of aromatic nitrogens is 2. The lowest BCUT2D eigenvalue weighted by Gasteiger charge is -2.31. The van der Waals surface area contributed by atoms with Gasteiger partial charge in [0.15, 0.2) is 5.96 Å². The van der Waals surface area contributed by atoms with E-state index in [2.05, 4.69) is 20.7 Å². The van der Waals surface area contributed by atoms with Gasteiger partial charge in [-0.15, -0.1) is 24.0 Å². The first kappa shape index (κ1) is 23.5. The molecule has 1 aliphatic carbocycles. The minimum absolute atomic E-state index is 0. The van der Waals surface area contributed by atoms with Gasteiger partial charge < -0.3 is 10.6 Å². The number of rotatable bonds is 5. The molecule has 2 N–H and O–H groups in total. The number of aryl methyl sites for hydroxylation is 1. The van der Waals surface area contributed by atoms with E-state index in [1.807, 2.05) is 19.2 Å². The molecule has 1 heterocycles. The van der Waals surface area contributed by atoms with Crippen molar-refractivity contribution in [1.82, 2.24) is 20.4 Å². The maximum absolute atomic E-state index is 13.2. The van der Waals surface area contributed by atoms with Crippen LogP contribution in [0.3, 0.4) is 0 Å². The van der Waals surface area contributed by atoms with Crippen molar-refractivity contribution < 1.29 is 13.2 Å². The highest BCUT2D eigenvalue weighted by molar-refractivity contribution is 14.0. The average molecular weight is 521 g/mol. The van der Waals surface area contributed by atoms with Crippen LogP contribution in [-0.4, -0.2) is 29.3 Å². The van der Waals surface area contributed by atoms with E-state index in [1.54, 1.807) is 17.9 Å². The van der Waals surface area contributed by atoms with Crippen molar-refractivity contribution in [2.75, 3.05) is 13.6 Å². The van der Waals surface area contributed by atoms with Crippen LogP contribution in [-0.2, 0) is 25.2 Å². The Bertz CT molecular complexity index is 826. The van der Waals surface area contributed by atoms with Crippen molar-refractivity contribution in [3.63, 3.8) is 0 Å². The lowest BCUT2D eigenvalue weighted by molar-refractivity contribution is -0.137. The zero-order valence-electron chi connectivity index (χ0n) is 16.6. The third-order valence-electron chi connectivity index (χ3n) is 5.54. The molecule has 0 radical (unpaired) electrons. The van der Waals surface area contributed by atoms with Crippen molar-refractivity contribution in [1.29, 1.82) is 0 Å². The largest absolute Gasteiger partial charge is 0.416 e. The Morgan fingerprint density at radius 2 is 1.93 bits per heavy atom. The van der Waals surface area contributed by atoms with E-state index in [-0.39, 0.29) is 29.4 Å². The molecular weight excluding hydrogens is 494 g/mol. The molecule has 1 aliphatic rings. The molecule has 0 saturated heterocycles. The van der Waals surface area contributed by atoms with Gasteiger partial charge in [0.2, 0.25) is 0 Å². The highest BCUT2D eigenvalue weighted by atomic mass is 127. The molecular formula is C20H27F3IN5. The molecule has 160 valence electrons. The molecule has 1 aromatic carbocycles. The Hall–Kier alpha value is -1.78. The molecule has 5 nitrogen and oxygen atoms in total. The molecule has 0 unspecified atom stereocenters. The standard InChI is InChI=1S/C20H26F3N5.HI/c1-24-18(25-13-17-8-11-27-28(17)2)26-14-19(9-3-4-10-19)15-6-5-7-16(12-15)20(21,22)23;/h5-8,11-12H,3-4,9-10,13-14H2,1-2H3,(H2,24,25,26);1H. The van der Waals surface area contributed by atoms with Crippen molar-refractivity contribution >= 4 is 29.9 Å². The number of nitrogens with one attached hydrogen (secondary N) is 2. The number of hydrogen-bond acceptors (Lipinski definition) is 2. The van der Waals surface area contributed by atoms with Crippen LogP contribution in [0.15, 0.2) is 41.5 Å². The molecule has 1 fully saturated rings. The molecule has 2 aromatic rings. The van der Waals surface area contributed by atoms with E-state index in [0.29, 0.717) is 19.0 Å². The summed E-state index contributed by atoms with van der Waals surface area (Å²) in [5.74, 6) is 0.624. The molecule has 1 saturated carbocycles. The third kappa shape index (κ3) is 5.64.